The molecule has 0 fully saturated rings. The maximum Gasteiger partial charge on any atom is 0.306 e. The number of esters is 3. The summed E-state index contributed by atoms with van der Waals surface area (Å²) in [5, 5.41) is 0. The molecule has 0 saturated heterocycles. The van der Waals surface area contributed by atoms with Gasteiger partial charge in [0, 0.05) is 19.3 Å². The number of hydrogen-bond acceptors (Lipinski definition) is 6. The molecule has 0 rings (SSSR count). The van der Waals surface area contributed by atoms with Crippen LogP contribution in [-0.2, 0) is 28.6 Å². The Morgan fingerprint density at radius 3 is 0.781 bits per heavy atom. The first-order valence-electron chi connectivity index (χ1n) is 32.1. The van der Waals surface area contributed by atoms with E-state index in [2.05, 4.69) is 69.4 Å². The summed E-state index contributed by atoms with van der Waals surface area (Å²) >= 11 is 0. The van der Waals surface area contributed by atoms with Crippen LogP contribution in [-0.4, -0.2) is 37.2 Å². The van der Waals surface area contributed by atoms with Gasteiger partial charge in [-0.2, -0.15) is 0 Å². The number of ether oxygens (including phenoxy) is 3. The molecule has 6 heteroatoms. The molecule has 1 atom stereocenters. The second-order valence-corrected chi connectivity index (χ2v) is 21.7. The van der Waals surface area contributed by atoms with E-state index in [0.29, 0.717) is 19.3 Å². The van der Waals surface area contributed by atoms with Crippen molar-refractivity contribution in [3.8, 4) is 0 Å². The van der Waals surface area contributed by atoms with Crippen LogP contribution in [0.4, 0.5) is 0 Å². The molecule has 1 unspecified atom stereocenters. The van der Waals surface area contributed by atoms with Gasteiger partial charge in [0.2, 0.25) is 0 Å². The van der Waals surface area contributed by atoms with Gasteiger partial charge in [0.05, 0.1) is 0 Å². The Hall–Kier alpha value is -2.63. The van der Waals surface area contributed by atoms with E-state index in [1.54, 1.807) is 0 Å². The highest BCUT2D eigenvalue weighted by molar-refractivity contribution is 5.71. The van der Waals surface area contributed by atoms with Crippen molar-refractivity contribution in [1.29, 1.82) is 0 Å². The van der Waals surface area contributed by atoms with Gasteiger partial charge < -0.3 is 14.2 Å². The van der Waals surface area contributed by atoms with Crippen LogP contribution in [0.1, 0.15) is 342 Å². The lowest BCUT2D eigenvalue weighted by Gasteiger charge is -2.18. The predicted molar refractivity (Wildman–Crippen MR) is 316 cm³/mol. The molecular weight excluding hydrogens is 901 g/mol. The van der Waals surface area contributed by atoms with Gasteiger partial charge in [0.1, 0.15) is 13.2 Å². The lowest BCUT2D eigenvalue weighted by Crippen LogP contribution is -2.30. The van der Waals surface area contributed by atoms with Crippen LogP contribution in [0, 0.1) is 0 Å². The van der Waals surface area contributed by atoms with Crippen LogP contribution < -0.4 is 0 Å². The van der Waals surface area contributed by atoms with Gasteiger partial charge in [-0.25, -0.2) is 0 Å². The molecule has 0 aromatic carbocycles. The lowest BCUT2D eigenvalue weighted by atomic mass is 10.0. The maximum absolute atomic E-state index is 12.9. The molecule has 0 N–H and O–H groups in total. The normalized spacial score (nSPS) is 12.3. The van der Waals surface area contributed by atoms with Gasteiger partial charge in [-0.1, -0.05) is 288 Å². The summed E-state index contributed by atoms with van der Waals surface area (Å²) in [6, 6.07) is 0. The van der Waals surface area contributed by atoms with Crippen molar-refractivity contribution in [2.45, 2.75) is 348 Å². The first-order chi connectivity index (χ1) is 36.0. The summed E-state index contributed by atoms with van der Waals surface area (Å²) in [5.74, 6) is -0.859. The Balaban J connectivity index is 4.25. The summed E-state index contributed by atoms with van der Waals surface area (Å²) in [4.78, 5) is 38.2. The second kappa shape index (κ2) is 61.9. The molecule has 0 amide bonds. The van der Waals surface area contributed by atoms with Crippen LogP contribution in [0.3, 0.4) is 0 Å². The van der Waals surface area contributed by atoms with Gasteiger partial charge in [0.15, 0.2) is 6.10 Å². The predicted octanol–water partition coefficient (Wildman–Crippen LogP) is 21.8. The van der Waals surface area contributed by atoms with E-state index < -0.39 is 6.10 Å². The molecule has 0 aromatic rings. The molecule has 0 radical (unpaired) electrons. The van der Waals surface area contributed by atoms with E-state index in [1.165, 1.54) is 231 Å². The van der Waals surface area contributed by atoms with E-state index in [4.69, 9.17) is 14.2 Å². The summed E-state index contributed by atoms with van der Waals surface area (Å²) < 4.78 is 16.9. The molecule has 0 aliphatic carbocycles. The third kappa shape index (κ3) is 60.1. The van der Waals surface area contributed by atoms with Gasteiger partial charge in [-0.3, -0.25) is 14.4 Å². The highest BCUT2D eigenvalue weighted by Gasteiger charge is 2.19. The maximum atomic E-state index is 12.9. The molecular formula is C67H122O6. The number of hydrogen-bond donors (Lipinski definition) is 0. The fourth-order valence-electron chi connectivity index (χ4n) is 9.45. The third-order valence-electron chi connectivity index (χ3n) is 14.3. The van der Waals surface area contributed by atoms with Crippen molar-refractivity contribution >= 4 is 17.9 Å². The van der Waals surface area contributed by atoms with Crippen LogP contribution in [0.5, 0.6) is 0 Å². The standard InChI is InChI=1S/C67H122O6/c1-4-7-10-13-16-19-22-24-26-28-30-31-32-33-34-35-37-38-40-42-45-48-51-54-57-60-66(69)72-63-64(62-71-65(68)59-56-53-50-47-44-21-18-15-12-9-6-3)73-67(70)61-58-55-52-49-46-43-41-39-36-29-27-25-23-20-17-14-11-8-5-2/h22,24-25,27-28,30,32-33,64H,4-21,23,26,29,31,34-63H2,1-3H3/b24-22-,27-25-,30-28-,33-32-. The smallest absolute Gasteiger partial charge is 0.306 e. The summed E-state index contributed by atoms with van der Waals surface area (Å²) in [5.41, 5.74) is 0. The van der Waals surface area contributed by atoms with Crippen LogP contribution in [0.15, 0.2) is 48.6 Å². The highest BCUT2D eigenvalue weighted by atomic mass is 16.6. The van der Waals surface area contributed by atoms with E-state index in [1.807, 2.05) is 0 Å². The fourth-order valence-corrected chi connectivity index (χ4v) is 9.45. The summed E-state index contributed by atoms with van der Waals surface area (Å²) in [6.07, 6.45) is 76.9. The van der Waals surface area contributed by atoms with Gasteiger partial charge in [-0.05, 0) is 83.5 Å². The summed E-state index contributed by atoms with van der Waals surface area (Å²) in [7, 11) is 0. The van der Waals surface area contributed by atoms with Crippen LogP contribution >= 0.6 is 0 Å². The number of carbonyl (C=O) groups excluding carboxylic acids is 3. The molecule has 73 heavy (non-hydrogen) atoms. The zero-order chi connectivity index (χ0) is 52.9. The molecule has 0 saturated carbocycles. The zero-order valence-electron chi connectivity index (χ0n) is 48.9. The van der Waals surface area contributed by atoms with Crippen molar-refractivity contribution in [3.05, 3.63) is 48.6 Å². The SMILES string of the molecule is CCCCCCC/C=C\C/C=C\C/C=C\CCCCCCCCCCCCC(=O)OCC(COC(=O)CCCCCCCCCCCCC)OC(=O)CCCCCCCCCCC/C=C\CCCCCCCC. The lowest BCUT2D eigenvalue weighted by molar-refractivity contribution is -0.167. The quantitative estimate of drug-likeness (QED) is 0.0261. The Kier molecular flexibility index (Phi) is 59.7. The molecule has 426 valence electrons. The van der Waals surface area contributed by atoms with E-state index in [0.717, 1.165) is 70.6 Å². The molecule has 0 aliphatic rings. The van der Waals surface area contributed by atoms with Crippen LogP contribution in [0.25, 0.3) is 0 Å². The van der Waals surface area contributed by atoms with Crippen molar-refractivity contribution in [2.75, 3.05) is 13.2 Å². The van der Waals surface area contributed by atoms with E-state index >= 15 is 0 Å². The van der Waals surface area contributed by atoms with Crippen molar-refractivity contribution in [1.82, 2.24) is 0 Å². The minimum atomic E-state index is -0.774. The van der Waals surface area contributed by atoms with E-state index in [-0.39, 0.29) is 31.1 Å². The monoisotopic (exact) mass is 1020 g/mol. The topological polar surface area (TPSA) is 78.9 Å². The molecule has 0 aliphatic heterocycles. The Morgan fingerprint density at radius 2 is 0.493 bits per heavy atom. The number of carbonyl (C=O) groups is 3. The molecule has 6 nitrogen and oxygen atoms in total. The largest absolute Gasteiger partial charge is 0.462 e. The minimum absolute atomic E-state index is 0.0714. The van der Waals surface area contributed by atoms with E-state index in [9.17, 15) is 14.4 Å². The summed E-state index contributed by atoms with van der Waals surface area (Å²) in [6.45, 7) is 6.66. The first-order valence-corrected chi connectivity index (χ1v) is 32.1. The van der Waals surface area contributed by atoms with Crippen molar-refractivity contribution in [2.24, 2.45) is 0 Å². The fraction of sp³-hybridized carbons (Fsp3) is 0.836. The molecule has 0 aromatic heterocycles. The van der Waals surface area contributed by atoms with Gasteiger partial charge in [0.25, 0.3) is 0 Å². The highest BCUT2D eigenvalue weighted by Crippen LogP contribution is 2.17. The number of allylic oxidation sites excluding steroid dienone is 8. The molecule has 0 bridgehead atoms. The Labute approximate surface area is 454 Å². The Bertz CT molecular complexity index is 1270. The molecule has 0 heterocycles. The van der Waals surface area contributed by atoms with Gasteiger partial charge >= 0.3 is 17.9 Å². The van der Waals surface area contributed by atoms with Crippen molar-refractivity contribution in [3.63, 3.8) is 0 Å². The first kappa shape index (κ1) is 70.4. The Morgan fingerprint density at radius 1 is 0.274 bits per heavy atom. The molecule has 0 spiro atoms. The number of rotatable bonds is 59. The second-order valence-electron chi connectivity index (χ2n) is 21.7. The number of unbranched alkanes of at least 4 members (excludes halogenated alkanes) is 40. The van der Waals surface area contributed by atoms with Crippen molar-refractivity contribution < 1.29 is 28.6 Å². The van der Waals surface area contributed by atoms with Crippen LogP contribution in [0.2, 0.25) is 0 Å². The third-order valence-corrected chi connectivity index (χ3v) is 14.3. The van der Waals surface area contributed by atoms with Gasteiger partial charge in [-0.15, -0.1) is 0 Å². The average Bonchev–Trinajstić information content (AvgIpc) is 3.39. The minimum Gasteiger partial charge on any atom is -0.462 e. The zero-order valence-corrected chi connectivity index (χ0v) is 48.9. The average molecular weight is 1020 g/mol.